The number of nitrogens with two attached hydrogens (primary N) is 1. The van der Waals surface area contributed by atoms with E-state index >= 15 is 0 Å². The summed E-state index contributed by atoms with van der Waals surface area (Å²) < 4.78 is 11.0. The van der Waals surface area contributed by atoms with E-state index in [1.54, 1.807) is 12.1 Å². The molecule has 5 nitrogen and oxygen atoms in total. The van der Waals surface area contributed by atoms with Gasteiger partial charge >= 0.3 is 0 Å². The van der Waals surface area contributed by atoms with Gasteiger partial charge in [0.15, 0.2) is 11.9 Å². The normalized spacial score (nSPS) is 17.8. The summed E-state index contributed by atoms with van der Waals surface area (Å²) in [5, 5.41) is 4.56. The smallest absolute Gasteiger partial charge is 0.267 e. The quantitative estimate of drug-likeness (QED) is 0.916. The van der Waals surface area contributed by atoms with Gasteiger partial charge in [0, 0.05) is 5.02 Å². The first-order valence-electron chi connectivity index (χ1n) is 6.65. The van der Waals surface area contributed by atoms with E-state index in [1.807, 2.05) is 19.1 Å². The van der Waals surface area contributed by atoms with E-state index < -0.39 is 0 Å². The van der Waals surface area contributed by atoms with E-state index in [0.29, 0.717) is 28.4 Å². The number of hydrogen-bond acceptors (Lipinski definition) is 5. The Labute approximate surface area is 122 Å². The van der Waals surface area contributed by atoms with Crippen LogP contribution in [0.3, 0.4) is 0 Å². The molecule has 1 aliphatic carbocycles. The Morgan fingerprint density at radius 1 is 1.45 bits per heavy atom. The number of benzene rings is 1. The summed E-state index contributed by atoms with van der Waals surface area (Å²) >= 11 is 5.91. The summed E-state index contributed by atoms with van der Waals surface area (Å²) in [6, 6.07) is 7.05. The van der Waals surface area contributed by atoms with Crippen LogP contribution in [0.1, 0.15) is 43.6 Å². The lowest BCUT2D eigenvalue weighted by Gasteiger charge is -2.10. The summed E-state index contributed by atoms with van der Waals surface area (Å²) in [5.74, 6) is 2.14. The number of ether oxygens (including phenoxy) is 1. The number of aromatic nitrogens is 2. The lowest BCUT2D eigenvalue weighted by molar-refractivity contribution is 0.175. The highest BCUT2D eigenvalue weighted by molar-refractivity contribution is 6.30. The first-order valence-corrected chi connectivity index (χ1v) is 7.02. The topological polar surface area (TPSA) is 74.2 Å². The summed E-state index contributed by atoms with van der Waals surface area (Å²) in [6.07, 6.45) is 1.93. The molecule has 0 bridgehead atoms. The molecule has 0 spiro atoms. The monoisotopic (exact) mass is 293 g/mol. The molecule has 0 aliphatic heterocycles. The van der Waals surface area contributed by atoms with Crippen molar-refractivity contribution in [2.45, 2.75) is 31.9 Å². The molecule has 0 amide bonds. The molecule has 3 rings (SSSR count). The van der Waals surface area contributed by atoms with Crippen molar-refractivity contribution in [3.05, 3.63) is 41.0 Å². The van der Waals surface area contributed by atoms with Crippen LogP contribution in [0, 0.1) is 5.92 Å². The van der Waals surface area contributed by atoms with Gasteiger partial charge in [-0.15, -0.1) is 0 Å². The molecule has 0 saturated heterocycles. The zero-order valence-corrected chi connectivity index (χ0v) is 11.9. The van der Waals surface area contributed by atoms with Gasteiger partial charge in [0.05, 0.1) is 6.04 Å². The minimum atomic E-state index is -0.346. The summed E-state index contributed by atoms with van der Waals surface area (Å²) in [5.41, 5.74) is 6.04. The molecule has 0 radical (unpaired) electrons. The molecule has 1 saturated carbocycles. The minimum absolute atomic E-state index is 0.133. The molecular weight excluding hydrogens is 278 g/mol. The number of halogens is 1. The Morgan fingerprint density at radius 2 is 2.25 bits per heavy atom. The van der Waals surface area contributed by atoms with Gasteiger partial charge in [-0.1, -0.05) is 22.8 Å². The maximum atomic E-state index is 6.04. The fourth-order valence-corrected chi connectivity index (χ4v) is 2.19. The van der Waals surface area contributed by atoms with Crippen LogP contribution in [-0.4, -0.2) is 10.1 Å². The molecule has 1 fully saturated rings. The van der Waals surface area contributed by atoms with E-state index in [0.717, 1.165) is 12.8 Å². The largest absolute Gasteiger partial charge is 0.481 e. The zero-order valence-electron chi connectivity index (χ0n) is 11.1. The summed E-state index contributed by atoms with van der Waals surface area (Å²) in [4.78, 5) is 4.33. The fraction of sp³-hybridized carbons (Fsp3) is 0.429. The van der Waals surface area contributed by atoms with E-state index in [1.165, 1.54) is 0 Å². The van der Waals surface area contributed by atoms with Gasteiger partial charge in [-0.05, 0) is 43.9 Å². The van der Waals surface area contributed by atoms with E-state index in [9.17, 15) is 0 Å². The van der Waals surface area contributed by atoms with Crippen molar-refractivity contribution in [3.8, 4) is 5.75 Å². The van der Waals surface area contributed by atoms with Crippen molar-refractivity contribution < 1.29 is 9.26 Å². The van der Waals surface area contributed by atoms with Gasteiger partial charge in [-0.3, -0.25) is 0 Å². The predicted molar refractivity (Wildman–Crippen MR) is 74.4 cm³/mol. The van der Waals surface area contributed by atoms with Crippen LogP contribution in [-0.2, 0) is 0 Å². The highest BCUT2D eigenvalue weighted by atomic mass is 35.5. The second-order valence-corrected chi connectivity index (χ2v) is 5.51. The maximum absolute atomic E-state index is 6.04. The summed E-state index contributed by atoms with van der Waals surface area (Å²) in [7, 11) is 0. The van der Waals surface area contributed by atoms with E-state index in [4.69, 9.17) is 26.6 Å². The Hall–Kier alpha value is -1.59. The van der Waals surface area contributed by atoms with E-state index in [-0.39, 0.29) is 12.1 Å². The first-order chi connectivity index (χ1) is 9.63. The van der Waals surface area contributed by atoms with Crippen molar-refractivity contribution in [2.75, 3.05) is 0 Å². The standard InChI is InChI=1S/C14H16ClN3O2/c1-8(19-11-4-2-3-10(15)7-11)14-17-13(18-20-14)12(16)9-5-6-9/h2-4,7-9,12H,5-6,16H2,1H3. The highest BCUT2D eigenvalue weighted by Gasteiger charge is 2.33. The molecule has 1 aromatic heterocycles. The molecule has 1 aliphatic rings. The molecule has 6 heteroatoms. The average molecular weight is 294 g/mol. The average Bonchev–Trinajstić information content (AvgIpc) is 3.14. The predicted octanol–water partition coefficient (Wildman–Crippen LogP) is 3.27. The molecule has 2 atom stereocenters. The second-order valence-electron chi connectivity index (χ2n) is 5.07. The van der Waals surface area contributed by atoms with Gasteiger partial charge in [0.25, 0.3) is 5.89 Å². The maximum Gasteiger partial charge on any atom is 0.267 e. The second kappa shape index (κ2) is 5.42. The Bertz CT molecular complexity index is 598. The van der Waals surface area contributed by atoms with Crippen molar-refractivity contribution >= 4 is 11.6 Å². The van der Waals surface area contributed by atoms with Crippen LogP contribution in [0.4, 0.5) is 0 Å². The third kappa shape index (κ3) is 2.94. The van der Waals surface area contributed by atoms with Crippen LogP contribution in [0.2, 0.25) is 5.02 Å². The highest BCUT2D eigenvalue weighted by Crippen LogP contribution is 2.38. The van der Waals surface area contributed by atoms with Crippen molar-refractivity contribution in [1.82, 2.24) is 10.1 Å². The van der Waals surface area contributed by atoms with Crippen molar-refractivity contribution in [2.24, 2.45) is 11.7 Å². The molecule has 2 N–H and O–H groups in total. The van der Waals surface area contributed by atoms with Crippen LogP contribution in [0.5, 0.6) is 5.75 Å². The Morgan fingerprint density at radius 3 is 2.95 bits per heavy atom. The van der Waals surface area contributed by atoms with Gasteiger partial charge in [0.1, 0.15) is 5.75 Å². The van der Waals surface area contributed by atoms with Gasteiger partial charge in [-0.25, -0.2) is 0 Å². The third-order valence-electron chi connectivity index (χ3n) is 3.34. The molecule has 1 heterocycles. The molecular formula is C14H16ClN3O2. The molecule has 20 heavy (non-hydrogen) atoms. The fourth-order valence-electron chi connectivity index (χ4n) is 2.01. The van der Waals surface area contributed by atoms with Crippen LogP contribution >= 0.6 is 11.6 Å². The third-order valence-corrected chi connectivity index (χ3v) is 3.58. The van der Waals surface area contributed by atoms with Crippen LogP contribution in [0.25, 0.3) is 0 Å². The Balaban J connectivity index is 1.69. The zero-order chi connectivity index (χ0) is 14.1. The number of rotatable bonds is 5. The van der Waals surface area contributed by atoms with Gasteiger partial charge < -0.3 is 15.0 Å². The van der Waals surface area contributed by atoms with E-state index in [2.05, 4.69) is 10.1 Å². The first kappa shape index (κ1) is 13.4. The summed E-state index contributed by atoms with van der Waals surface area (Å²) in [6.45, 7) is 1.85. The lowest BCUT2D eigenvalue weighted by atomic mass is 10.2. The van der Waals surface area contributed by atoms with Crippen molar-refractivity contribution in [1.29, 1.82) is 0 Å². The molecule has 1 aromatic carbocycles. The van der Waals surface area contributed by atoms with Gasteiger partial charge in [0.2, 0.25) is 0 Å². The van der Waals surface area contributed by atoms with Crippen molar-refractivity contribution in [3.63, 3.8) is 0 Å². The molecule has 106 valence electrons. The SMILES string of the molecule is CC(Oc1cccc(Cl)c1)c1nc(C(N)C2CC2)no1. The Kier molecular flexibility index (Phi) is 3.63. The number of nitrogens with zero attached hydrogens (tertiary/aromatic N) is 2. The number of hydrogen-bond donors (Lipinski definition) is 1. The van der Waals surface area contributed by atoms with Crippen LogP contribution in [0.15, 0.2) is 28.8 Å². The minimum Gasteiger partial charge on any atom is -0.481 e. The lowest BCUT2D eigenvalue weighted by Crippen LogP contribution is -2.14. The van der Waals surface area contributed by atoms with Gasteiger partial charge in [-0.2, -0.15) is 4.98 Å². The molecule has 2 aromatic rings. The molecule has 2 unspecified atom stereocenters. The van der Waals surface area contributed by atoms with Crippen LogP contribution < -0.4 is 10.5 Å².